The summed E-state index contributed by atoms with van der Waals surface area (Å²) in [7, 11) is 2.04. The van der Waals surface area contributed by atoms with Crippen LogP contribution in [0.25, 0.3) is 0 Å². The van der Waals surface area contributed by atoms with Crippen molar-refractivity contribution in [3.05, 3.63) is 30.1 Å². The van der Waals surface area contributed by atoms with E-state index in [1.807, 2.05) is 53.1 Å². The molecule has 0 aliphatic heterocycles. The Labute approximate surface area is 84.4 Å². The van der Waals surface area contributed by atoms with Crippen molar-refractivity contribution in [1.29, 1.82) is 0 Å². The van der Waals surface area contributed by atoms with Gasteiger partial charge in [-0.1, -0.05) is 41.2 Å². The molecule has 1 rings (SSSR count). The number of rotatable bonds is 0. The van der Waals surface area contributed by atoms with Gasteiger partial charge in [-0.2, -0.15) is 0 Å². The first-order chi connectivity index (χ1) is 5.80. The third-order valence-corrected chi connectivity index (χ3v) is 1.31. The molecule has 0 amide bonds. The Hall–Kier alpha value is -0.850. The molecule has 0 fully saturated rings. The minimum atomic E-state index is 0. The molecule has 1 heterocycles. The van der Waals surface area contributed by atoms with Gasteiger partial charge in [0.1, 0.15) is 7.05 Å². The monoisotopic (exact) mass is 184 g/mol. The predicted octanol–water partition coefficient (Wildman–Crippen LogP) is 3.51. The van der Waals surface area contributed by atoms with Gasteiger partial charge in [-0.05, 0) is 0 Å². The Kier molecular flexibility index (Phi) is 19.0. The lowest BCUT2D eigenvalue weighted by Gasteiger charge is -1.87. The zero-order valence-electron chi connectivity index (χ0n) is 9.26. The zero-order chi connectivity index (χ0) is 9.98. The van der Waals surface area contributed by atoms with Gasteiger partial charge in [0.2, 0.25) is 0 Å². The van der Waals surface area contributed by atoms with Crippen LogP contribution in [0.2, 0.25) is 0 Å². The van der Waals surface area contributed by atoms with Gasteiger partial charge in [0, 0.05) is 19.1 Å². The fourth-order valence-electron chi connectivity index (χ4n) is 0.609. The number of hydrogen-bond acceptors (Lipinski definition) is 0. The van der Waals surface area contributed by atoms with Crippen LogP contribution >= 0.6 is 0 Å². The molecule has 0 saturated heterocycles. The molecule has 0 spiro atoms. The van der Waals surface area contributed by atoms with Gasteiger partial charge in [0.25, 0.3) is 0 Å². The second-order valence-corrected chi connectivity index (χ2v) is 1.95. The maximum Gasteiger partial charge on any atom is 0.177 e. The standard InChI is InChI=1S/C7H10N.2C2H6.CH4/c1-7-5-3-4-6-8(7)2;2*1-2;/h3-6H,1-2H3;2*1-2H3;1H4/q+1;;;. The summed E-state index contributed by atoms with van der Waals surface area (Å²) in [5.41, 5.74) is 1.28. The molecule has 0 bridgehead atoms. The molecular formula is C12H26N+. The van der Waals surface area contributed by atoms with Gasteiger partial charge in [0.15, 0.2) is 11.9 Å². The third kappa shape index (κ3) is 9.06. The van der Waals surface area contributed by atoms with Crippen LogP contribution in [0, 0.1) is 6.92 Å². The van der Waals surface area contributed by atoms with Gasteiger partial charge in [-0.25, -0.2) is 4.57 Å². The SMILES string of the molecule is C.CC.CC.Cc1cccc[n+]1C. The van der Waals surface area contributed by atoms with Crippen molar-refractivity contribution in [2.45, 2.75) is 42.0 Å². The van der Waals surface area contributed by atoms with E-state index in [2.05, 4.69) is 17.6 Å². The molecule has 0 unspecified atom stereocenters. The van der Waals surface area contributed by atoms with Crippen molar-refractivity contribution in [1.82, 2.24) is 0 Å². The van der Waals surface area contributed by atoms with Crippen LogP contribution in [0.5, 0.6) is 0 Å². The Morgan fingerprint density at radius 1 is 1.00 bits per heavy atom. The Bertz CT molecular complexity index is 161. The minimum Gasteiger partial charge on any atom is -0.205 e. The molecule has 0 radical (unpaired) electrons. The molecule has 1 aromatic heterocycles. The molecule has 0 N–H and O–H groups in total. The summed E-state index contributed by atoms with van der Waals surface area (Å²) in [4.78, 5) is 0. The summed E-state index contributed by atoms with van der Waals surface area (Å²) in [6.07, 6.45) is 2.04. The number of aryl methyl sites for hydroxylation is 2. The lowest BCUT2D eigenvalue weighted by Crippen LogP contribution is -2.30. The highest BCUT2D eigenvalue weighted by molar-refractivity contribution is 4.93. The van der Waals surface area contributed by atoms with E-state index in [0.717, 1.165) is 0 Å². The molecule has 0 aromatic carbocycles. The number of pyridine rings is 1. The lowest BCUT2D eigenvalue weighted by atomic mass is 10.4. The summed E-state index contributed by atoms with van der Waals surface area (Å²) < 4.78 is 2.08. The fraction of sp³-hybridized carbons (Fsp3) is 0.583. The second kappa shape index (κ2) is 13.7. The number of aromatic nitrogens is 1. The van der Waals surface area contributed by atoms with Crippen LogP contribution in [-0.2, 0) is 7.05 Å². The van der Waals surface area contributed by atoms with E-state index in [0.29, 0.717) is 0 Å². The second-order valence-electron chi connectivity index (χ2n) is 1.95. The summed E-state index contributed by atoms with van der Waals surface area (Å²) in [5.74, 6) is 0. The van der Waals surface area contributed by atoms with Gasteiger partial charge < -0.3 is 0 Å². The molecule has 13 heavy (non-hydrogen) atoms. The molecule has 0 aliphatic carbocycles. The lowest BCUT2D eigenvalue weighted by molar-refractivity contribution is -0.677. The Balaban J connectivity index is -0.000000178. The van der Waals surface area contributed by atoms with E-state index in [9.17, 15) is 0 Å². The van der Waals surface area contributed by atoms with E-state index < -0.39 is 0 Å². The summed E-state index contributed by atoms with van der Waals surface area (Å²) in [6, 6.07) is 6.14. The fourth-order valence-corrected chi connectivity index (χ4v) is 0.609. The van der Waals surface area contributed by atoms with E-state index in [1.165, 1.54) is 5.69 Å². The summed E-state index contributed by atoms with van der Waals surface area (Å²) in [6.45, 7) is 10.1. The van der Waals surface area contributed by atoms with E-state index in [-0.39, 0.29) is 7.43 Å². The van der Waals surface area contributed by atoms with Gasteiger partial charge in [-0.15, -0.1) is 0 Å². The van der Waals surface area contributed by atoms with Crippen molar-refractivity contribution >= 4 is 0 Å². The van der Waals surface area contributed by atoms with Gasteiger partial charge in [-0.3, -0.25) is 0 Å². The highest BCUT2D eigenvalue weighted by Gasteiger charge is 1.91. The van der Waals surface area contributed by atoms with E-state index in [1.54, 1.807) is 0 Å². The Morgan fingerprint density at radius 3 is 1.69 bits per heavy atom. The van der Waals surface area contributed by atoms with Crippen molar-refractivity contribution in [2.75, 3.05) is 0 Å². The van der Waals surface area contributed by atoms with E-state index >= 15 is 0 Å². The van der Waals surface area contributed by atoms with Crippen molar-refractivity contribution in [3.8, 4) is 0 Å². The molecule has 0 atom stereocenters. The molecule has 0 aliphatic rings. The van der Waals surface area contributed by atoms with Crippen molar-refractivity contribution in [3.63, 3.8) is 0 Å². The van der Waals surface area contributed by atoms with E-state index in [4.69, 9.17) is 0 Å². The summed E-state index contributed by atoms with van der Waals surface area (Å²) >= 11 is 0. The van der Waals surface area contributed by atoms with Crippen LogP contribution in [0.4, 0.5) is 0 Å². The molecule has 78 valence electrons. The smallest absolute Gasteiger partial charge is 0.177 e. The molecular weight excluding hydrogens is 158 g/mol. The average molecular weight is 184 g/mol. The van der Waals surface area contributed by atoms with Crippen LogP contribution in [-0.4, -0.2) is 0 Å². The zero-order valence-corrected chi connectivity index (χ0v) is 9.26. The van der Waals surface area contributed by atoms with Crippen LogP contribution < -0.4 is 4.57 Å². The summed E-state index contributed by atoms with van der Waals surface area (Å²) in [5, 5.41) is 0. The minimum absolute atomic E-state index is 0. The predicted molar refractivity (Wildman–Crippen MR) is 61.8 cm³/mol. The first-order valence-corrected chi connectivity index (χ1v) is 4.72. The average Bonchev–Trinajstić information content (AvgIpc) is 2.17. The number of nitrogens with zero attached hydrogens (tertiary/aromatic N) is 1. The van der Waals surface area contributed by atoms with Gasteiger partial charge in [0.05, 0.1) is 0 Å². The topological polar surface area (TPSA) is 3.88 Å². The van der Waals surface area contributed by atoms with Crippen LogP contribution in [0.15, 0.2) is 24.4 Å². The first kappa shape index (κ1) is 18.0. The largest absolute Gasteiger partial charge is 0.205 e. The maximum atomic E-state index is 2.08. The third-order valence-electron chi connectivity index (χ3n) is 1.31. The maximum absolute atomic E-state index is 2.08. The Morgan fingerprint density at radius 2 is 1.46 bits per heavy atom. The molecule has 1 heteroatoms. The number of hydrogen-bond donors (Lipinski definition) is 0. The van der Waals surface area contributed by atoms with Crippen molar-refractivity contribution in [2.24, 2.45) is 7.05 Å². The van der Waals surface area contributed by atoms with Gasteiger partial charge >= 0.3 is 0 Å². The normalized spacial score (nSPS) is 6.62. The molecule has 1 nitrogen and oxygen atoms in total. The molecule has 1 aromatic rings. The van der Waals surface area contributed by atoms with Crippen molar-refractivity contribution < 1.29 is 4.57 Å². The van der Waals surface area contributed by atoms with Crippen LogP contribution in [0.3, 0.4) is 0 Å². The molecule has 0 saturated carbocycles. The first-order valence-electron chi connectivity index (χ1n) is 4.72. The highest BCUT2D eigenvalue weighted by atomic mass is 14.9. The van der Waals surface area contributed by atoms with Crippen LogP contribution in [0.1, 0.15) is 40.8 Å². The highest BCUT2D eigenvalue weighted by Crippen LogP contribution is 1.83. The quantitative estimate of drug-likeness (QED) is 0.543.